The lowest BCUT2D eigenvalue weighted by Crippen LogP contribution is -1.73. The summed E-state index contributed by atoms with van der Waals surface area (Å²) < 4.78 is 1.17. The number of hydrogen-bond acceptors (Lipinski definition) is 0. The van der Waals surface area contributed by atoms with Crippen molar-refractivity contribution in [3.63, 3.8) is 0 Å². The minimum Gasteiger partial charge on any atom is -0.0839 e. The molecule has 1 aromatic rings. The standard InChI is InChI=1S/C12H15Br/c1-2-3-4-5-8-11-9-6-7-10-12(11)13/h5-10H,2-4H2,1H3. The van der Waals surface area contributed by atoms with E-state index in [1.165, 1.54) is 29.3 Å². The first-order valence-electron chi connectivity index (χ1n) is 4.75. The van der Waals surface area contributed by atoms with Gasteiger partial charge in [0.25, 0.3) is 0 Å². The van der Waals surface area contributed by atoms with Gasteiger partial charge in [0.05, 0.1) is 0 Å². The van der Waals surface area contributed by atoms with E-state index < -0.39 is 0 Å². The predicted molar refractivity (Wildman–Crippen MR) is 62.7 cm³/mol. The summed E-state index contributed by atoms with van der Waals surface area (Å²) in [5, 5.41) is 0. The van der Waals surface area contributed by atoms with Crippen LogP contribution in [-0.2, 0) is 0 Å². The van der Waals surface area contributed by atoms with Crippen LogP contribution in [0.25, 0.3) is 6.08 Å². The van der Waals surface area contributed by atoms with E-state index in [2.05, 4.69) is 53.2 Å². The van der Waals surface area contributed by atoms with Crippen molar-refractivity contribution in [3.8, 4) is 0 Å². The van der Waals surface area contributed by atoms with Gasteiger partial charge in [-0.25, -0.2) is 0 Å². The zero-order valence-electron chi connectivity index (χ0n) is 7.96. The molecular weight excluding hydrogens is 224 g/mol. The molecule has 0 saturated carbocycles. The minimum absolute atomic E-state index is 1.17. The van der Waals surface area contributed by atoms with Crippen LogP contribution in [0.1, 0.15) is 31.7 Å². The molecule has 0 aliphatic carbocycles. The van der Waals surface area contributed by atoms with Gasteiger partial charge < -0.3 is 0 Å². The molecule has 1 heteroatoms. The normalized spacial score (nSPS) is 10.9. The molecule has 1 aromatic carbocycles. The van der Waals surface area contributed by atoms with Gasteiger partial charge >= 0.3 is 0 Å². The van der Waals surface area contributed by atoms with E-state index in [-0.39, 0.29) is 0 Å². The highest BCUT2D eigenvalue weighted by Crippen LogP contribution is 2.17. The third kappa shape index (κ3) is 3.77. The lowest BCUT2D eigenvalue weighted by Gasteiger charge is -1.96. The highest BCUT2D eigenvalue weighted by atomic mass is 79.9. The molecule has 0 aliphatic heterocycles. The maximum Gasteiger partial charge on any atom is 0.0247 e. The number of rotatable bonds is 4. The van der Waals surface area contributed by atoms with Crippen molar-refractivity contribution in [3.05, 3.63) is 40.4 Å². The summed E-state index contributed by atoms with van der Waals surface area (Å²) >= 11 is 3.51. The highest BCUT2D eigenvalue weighted by molar-refractivity contribution is 9.10. The Bertz CT molecular complexity index is 276. The molecule has 0 fully saturated rings. The molecule has 1 rings (SSSR count). The van der Waals surface area contributed by atoms with Gasteiger partial charge in [-0.3, -0.25) is 0 Å². The molecule has 0 saturated heterocycles. The second-order valence-electron chi connectivity index (χ2n) is 3.07. The zero-order valence-corrected chi connectivity index (χ0v) is 9.55. The molecule has 0 heterocycles. The number of hydrogen-bond donors (Lipinski definition) is 0. The zero-order chi connectivity index (χ0) is 9.52. The van der Waals surface area contributed by atoms with Crippen LogP contribution in [0.15, 0.2) is 34.8 Å². The Kier molecular flexibility index (Phi) is 4.84. The molecule has 0 nitrogen and oxygen atoms in total. The summed E-state index contributed by atoms with van der Waals surface area (Å²) in [5.74, 6) is 0. The van der Waals surface area contributed by atoms with E-state index in [1.54, 1.807) is 0 Å². The number of allylic oxidation sites excluding steroid dienone is 1. The summed E-state index contributed by atoms with van der Waals surface area (Å²) in [6.45, 7) is 2.21. The molecule has 0 aromatic heterocycles. The van der Waals surface area contributed by atoms with E-state index in [9.17, 15) is 0 Å². The monoisotopic (exact) mass is 238 g/mol. The summed E-state index contributed by atoms with van der Waals surface area (Å²) in [7, 11) is 0. The Labute approximate surface area is 88.8 Å². The van der Waals surface area contributed by atoms with Crippen molar-refractivity contribution in [2.24, 2.45) is 0 Å². The van der Waals surface area contributed by atoms with E-state index in [0.717, 1.165) is 0 Å². The van der Waals surface area contributed by atoms with Gasteiger partial charge in [-0.1, -0.05) is 66.0 Å². The van der Waals surface area contributed by atoms with Gasteiger partial charge in [-0.2, -0.15) is 0 Å². The molecule has 0 atom stereocenters. The molecular formula is C12H15Br. The minimum atomic E-state index is 1.17. The molecule has 0 aliphatic rings. The summed E-state index contributed by atoms with van der Waals surface area (Å²) in [4.78, 5) is 0. The van der Waals surface area contributed by atoms with Crippen LogP contribution in [0.4, 0.5) is 0 Å². The van der Waals surface area contributed by atoms with Crippen LogP contribution in [0.3, 0.4) is 0 Å². The van der Waals surface area contributed by atoms with Gasteiger partial charge in [-0.15, -0.1) is 0 Å². The fraction of sp³-hybridized carbons (Fsp3) is 0.333. The highest BCUT2D eigenvalue weighted by Gasteiger charge is 1.91. The van der Waals surface area contributed by atoms with Crippen LogP contribution in [0.2, 0.25) is 0 Å². The molecule has 0 spiro atoms. The Hall–Kier alpha value is -0.560. The van der Waals surface area contributed by atoms with Crippen molar-refractivity contribution in [1.29, 1.82) is 0 Å². The van der Waals surface area contributed by atoms with Gasteiger partial charge in [0, 0.05) is 4.47 Å². The van der Waals surface area contributed by atoms with Crippen molar-refractivity contribution < 1.29 is 0 Å². The average Bonchev–Trinajstić information content (AvgIpc) is 2.15. The molecule has 0 radical (unpaired) electrons. The van der Waals surface area contributed by atoms with Gasteiger partial charge in [-0.05, 0) is 18.1 Å². The van der Waals surface area contributed by atoms with Crippen molar-refractivity contribution in [2.45, 2.75) is 26.2 Å². The van der Waals surface area contributed by atoms with Crippen molar-refractivity contribution >= 4 is 22.0 Å². The van der Waals surface area contributed by atoms with Gasteiger partial charge in [0.2, 0.25) is 0 Å². The number of benzene rings is 1. The third-order valence-corrected chi connectivity index (χ3v) is 2.65. The Morgan fingerprint density at radius 2 is 2.08 bits per heavy atom. The number of unbranched alkanes of at least 4 members (excludes halogenated alkanes) is 2. The molecule has 0 amide bonds. The topological polar surface area (TPSA) is 0 Å². The van der Waals surface area contributed by atoms with Crippen LogP contribution in [0.5, 0.6) is 0 Å². The molecule has 13 heavy (non-hydrogen) atoms. The SMILES string of the molecule is CCCCC=Cc1ccccc1Br. The second kappa shape index (κ2) is 5.98. The van der Waals surface area contributed by atoms with E-state index in [1.807, 2.05) is 6.07 Å². The molecule has 0 bridgehead atoms. The van der Waals surface area contributed by atoms with E-state index >= 15 is 0 Å². The fourth-order valence-corrected chi connectivity index (χ4v) is 1.56. The maximum atomic E-state index is 3.51. The molecule has 70 valence electrons. The Balaban J connectivity index is 2.53. The Morgan fingerprint density at radius 1 is 1.31 bits per heavy atom. The second-order valence-corrected chi connectivity index (χ2v) is 3.92. The van der Waals surface area contributed by atoms with Crippen LogP contribution in [0, 0.1) is 0 Å². The quantitative estimate of drug-likeness (QED) is 0.670. The van der Waals surface area contributed by atoms with Crippen LogP contribution >= 0.6 is 15.9 Å². The van der Waals surface area contributed by atoms with Crippen molar-refractivity contribution in [2.75, 3.05) is 0 Å². The predicted octanol–water partition coefficient (Wildman–Crippen LogP) is 4.65. The lowest BCUT2D eigenvalue weighted by molar-refractivity contribution is 0.816. The van der Waals surface area contributed by atoms with Crippen molar-refractivity contribution in [1.82, 2.24) is 0 Å². The smallest absolute Gasteiger partial charge is 0.0247 e. The first-order chi connectivity index (χ1) is 6.34. The lowest BCUT2D eigenvalue weighted by atomic mass is 10.2. The number of halogens is 1. The largest absolute Gasteiger partial charge is 0.0839 e. The molecule has 0 unspecified atom stereocenters. The van der Waals surface area contributed by atoms with E-state index in [4.69, 9.17) is 0 Å². The molecule has 0 N–H and O–H groups in total. The van der Waals surface area contributed by atoms with E-state index in [0.29, 0.717) is 0 Å². The summed E-state index contributed by atoms with van der Waals surface area (Å²) in [6, 6.07) is 8.28. The van der Waals surface area contributed by atoms with Gasteiger partial charge in [0.15, 0.2) is 0 Å². The first-order valence-corrected chi connectivity index (χ1v) is 5.55. The van der Waals surface area contributed by atoms with Gasteiger partial charge in [0.1, 0.15) is 0 Å². The maximum absolute atomic E-state index is 3.51. The fourth-order valence-electron chi connectivity index (χ4n) is 1.14. The summed E-state index contributed by atoms with van der Waals surface area (Å²) in [5.41, 5.74) is 1.26. The van der Waals surface area contributed by atoms with Crippen LogP contribution < -0.4 is 0 Å². The van der Waals surface area contributed by atoms with Crippen LogP contribution in [-0.4, -0.2) is 0 Å². The first kappa shape index (κ1) is 10.5. The summed E-state index contributed by atoms with van der Waals surface area (Å²) in [6.07, 6.45) is 8.14. The third-order valence-electron chi connectivity index (χ3n) is 1.93. The average molecular weight is 239 g/mol. The Morgan fingerprint density at radius 3 is 2.77 bits per heavy atom.